The van der Waals surface area contributed by atoms with E-state index in [0.29, 0.717) is 11.4 Å². The first kappa shape index (κ1) is 25.7. The van der Waals surface area contributed by atoms with Crippen LogP contribution in [0.2, 0.25) is 0 Å². The number of alkyl halides is 5. The highest BCUT2D eigenvalue weighted by atomic mass is 19.4. The van der Waals surface area contributed by atoms with Crippen LogP contribution in [0.4, 0.5) is 26.3 Å². The minimum atomic E-state index is -4.81. The summed E-state index contributed by atoms with van der Waals surface area (Å²) < 4.78 is 87.1. The van der Waals surface area contributed by atoms with Gasteiger partial charge < -0.3 is 4.57 Å². The number of aryl methyl sites for hydroxylation is 1. The molecule has 2 aliphatic rings. The number of halogens is 6. The third-order valence-electron chi connectivity index (χ3n) is 7.63. The molecular formula is C26H24F6N6O. The maximum Gasteiger partial charge on any atom is 0.418 e. The molecule has 7 nitrogen and oxygen atoms in total. The number of likely N-dealkylation sites (tertiary alicyclic amines) is 1. The van der Waals surface area contributed by atoms with Gasteiger partial charge in [0.1, 0.15) is 18.0 Å². The molecule has 2 fully saturated rings. The van der Waals surface area contributed by atoms with Crippen LogP contribution in [-0.2, 0) is 19.8 Å². The maximum atomic E-state index is 15.0. The lowest BCUT2D eigenvalue weighted by molar-refractivity contribution is -0.138. The number of pyridine rings is 1. The van der Waals surface area contributed by atoms with Gasteiger partial charge in [0.25, 0.3) is 5.92 Å². The summed E-state index contributed by atoms with van der Waals surface area (Å²) in [6, 6.07) is 4.91. The zero-order chi connectivity index (χ0) is 27.7. The predicted octanol–water partition coefficient (Wildman–Crippen LogP) is 4.76. The summed E-state index contributed by atoms with van der Waals surface area (Å²) in [6.45, 7) is -1.30. The highest BCUT2D eigenvalue weighted by Gasteiger charge is 2.44. The lowest BCUT2D eigenvalue weighted by Gasteiger charge is -2.38. The fourth-order valence-corrected chi connectivity index (χ4v) is 5.62. The molecule has 1 aromatic carbocycles. The first-order valence-electron chi connectivity index (χ1n) is 12.5. The van der Waals surface area contributed by atoms with Gasteiger partial charge in [0.05, 0.1) is 29.9 Å². The van der Waals surface area contributed by atoms with Gasteiger partial charge in [0.2, 0.25) is 0 Å². The van der Waals surface area contributed by atoms with Gasteiger partial charge in [-0.2, -0.15) is 13.2 Å². The summed E-state index contributed by atoms with van der Waals surface area (Å²) in [5, 5.41) is 8.16. The van der Waals surface area contributed by atoms with Crippen molar-refractivity contribution in [3.63, 3.8) is 0 Å². The second-order valence-corrected chi connectivity index (χ2v) is 10.5. The Morgan fingerprint density at radius 1 is 1.10 bits per heavy atom. The molecule has 0 N–H and O–H groups in total. The van der Waals surface area contributed by atoms with Gasteiger partial charge in [-0.25, -0.2) is 18.0 Å². The molecule has 0 radical (unpaired) electrons. The normalized spacial score (nSPS) is 18.7. The van der Waals surface area contributed by atoms with E-state index in [2.05, 4.69) is 10.2 Å². The van der Waals surface area contributed by atoms with Crippen LogP contribution in [0.1, 0.15) is 47.7 Å². The summed E-state index contributed by atoms with van der Waals surface area (Å²) in [7, 11) is 1.78. The molecular weight excluding hydrogens is 526 g/mol. The average molecular weight is 551 g/mol. The highest BCUT2D eigenvalue weighted by Crippen LogP contribution is 2.43. The van der Waals surface area contributed by atoms with Gasteiger partial charge >= 0.3 is 11.9 Å². The molecule has 0 amide bonds. The summed E-state index contributed by atoms with van der Waals surface area (Å²) in [4.78, 5) is 14.7. The van der Waals surface area contributed by atoms with Gasteiger partial charge in [-0.3, -0.25) is 13.9 Å². The molecule has 6 rings (SSSR count). The fraction of sp³-hybridized carbons (Fsp3) is 0.423. The summed E-state index contributed by atoms with van der Waals surface area (Å²) >= 11 is 0. The van der Waals surface area contributed by atoms with E-state index in [9.17, 15) is 31.1 Å². The number of imidazole rings is 1. The highest BCUT2D eigenvalue weighted by molar-refractivity contribution is 5.58. The van der Waals surface area contributed by atoms with E-state index in [1.54, 1.807) is 24.0 Å². The van der Waals surface area contributed by atoms with Crippen LogP contribution in [0.5, 0.6) is 0 Å². The number of nitrogens with zero attached hydrogens (tertiary/aromatic N) is 6. The lowest BCUT2D eigenvalue weighted by atomic mass is 9.72. The summed E-state index contributed by atoms with van der Waals surface area (Å²) in [5.74, 6) is -3.02. The first-order chi connectivity index (χ1) is 18.4. The predicted molar refractivity (Wildman–Crippen MR) is 128 cm³/mol. The van der Waals surface area contributed by atoms with E-state index in [-0.39, 0.29) is 29.6 Å². The number of fused-ring (bicyclic) bond motifs is 1. The molecule has 206 valence electrons. The van der Waals surface area contributed by atoms with Crippen molar-refractivity contribution in [2.45, 2.75) is 43.8 Å². The quantitative estimate of drug-likeness (QED) is 0.325. The van der Waals surface area contributed by atoms with Crippen molar-refractivity contribution >= 4 is 5.52 Å². The third kappa shape index (κ3) is 4.62. The molecule has 4 heterocycles. The van der Waals surface area contributed by atoms with Crippen molar-refractivity contribution in [2.75, 3.05) is 13.1 Å². The van der Waals surface area contributed by atoms with E-state index >= 15 is 0 Å². The van der Waals surface area contributed by atoms with Gasteiger partial charge in [0.15, 0.2) is 0 Å². The molecule has 3 aromatic heterocycles. The van der Waals surface area contributed by atoms with Crippen molar-refractivity contribution < 1.29 is 26.3 Å². The molecule has 39 heavy (non-hydrogen) atoms. The topological polar surface area (TPSA) is 60.4 Å². The fourth-order valence-electron chi connectivity index (χ4n) is 5.62. The van der Waals surface area contributed by atoms with Crippen LogP contribution in [0, 0.1) is 11.7 Å². The van der Waals surface area contributed by atoms with Crippen LogP contribution in [0.3, 0.4) is 0 Å². The Morgan fingerprint density at radius 2 is 1.85 bits per heavy atom. The van der Waals surface area contributed by atoms with Crippen LogP contribution in [0.15, 0.2) is 47.8 Å². The van der Waals surface area contributed by atoms with Gasteiger partial charge in [-0.1, -0.05) is 6.42 Å². The number of rotatable bonds is 6. The Balaban J connectivity index is 1.45. The van der Waals surface area contributed by atoms with Crippen molar-refractivity contribution in [1.82, 2.24) is 28.6 Å². The van der Waals surface area contributed by atoms with Crippen molar-refractivity contribution in [3.05, 3.63) is 81.8 Å². The van der Waals surface area contributed by atoms with E-state index in [0.717, 1.165) is 46.6 Å². The Bertz CT molecular complexity index is 1610. The zero-order valence-electron chi connectivity index (χ0n) is 20.8. The Morgan fingerprint density at radius 3 is 2.44 bits per heavy atom. The molecule has 0 unspecified atom stereocenters. The van der Waals surface area contributed by atoms with E-state index in [1.165, 1.54) is 17.2 Å². The summed E-state index contributed by atoms with van der Waals surface area (Å²) in [6.07, 6.45) is 1.81. The molecule has 1 atom stereocenters. The van der Waals surface area contributed by atoms with Gasteiger partial charge in [-0.05, 0) is 54.2 Å². The van der Waals surface area contributed by atoms with Crippen LogP contribution in [0.25, 0.3) is 11.2 Å². The molecule has 1 saturated carbocycles. The minimum absolute atomic E-state index is 0.0671. The van der Waals surface area contributed by atoms with Crippen molar-refractivity contribution in [3.8, 4) is 5.69 Å². The monoisotopic (exact) mass is 550 g/mol. The average Bonchev–Trinajstić information content (AvgIpc) is 3.36. The van der Waals surface area contributed by atoms with E-state index in [1.807, 2.05) is 0 Å². The zero-order valence-corrected chi connectivity index (χ0v) is 20.8. The van der Waals surface area contributed by atoms with Gasteiger partial charge in [-0.15, -0.1) is 10.2 Å². The van der Waals surface area contributed by atoms with Crippen molar-refractivity contribution in [1.29, 1.82) is 0 Å². The van der Waals surface area contributed by atoms with E-state index < -0.39 is 47.8 Å². The Kier molecular flexibility index (Phi) is 5.90. The summed E-state index contributed by atoms with van der Waals surface area (Å²) in [5.41, 5.74) is -1.64. The molecule has 13 heteroatoms. The Hall–Kier alpha value is -3.61. The largest absolute Gasteiger partial charge is 0.418 e. The molecule has 1 aliphatic heterocycles. The molecule has 1 saturated heterocycles. The number of benzene rings is 1. The van der Waals surface area contributed by atoms with Crippen LogP contribution < -0.4 is 5.69 Å². The number of hydrogen-bond acceptors (Lipinski definition) is 4. The van der Waals surface area contributed by atoms with Crippen molar-refractivity contribution in [2.24, 2.45) is 13.0 Å². The second kappa shape index (κ2) is 8.97. The van der Waals surface area contributed by atoms with Gasteiger partial charge in [0, 0.05) is 31.9 Å². The molecule has 1 aliphatic carbocycles. The third-order valence-corrected chi connectivity index (χ3v) is 7.63. The maximum absolute atomic E-state index is 15.0. The number of hydrogen-bond donors (Lipinski definition) is 0. The van der Waals surface area contributed by atoms with Crippen LogP contribution in [-0.4, -0.2) is 47.6 Å². The standard InChI is InChI=1S/C26H24F6N6O/c1-35-14-33-34-23(35)22(16-3-2-4-16)17-6-18(27)8-19(7-17)37-11-21-20(26(30,31)32)5-15(10-38(21)24(37)39)9-36-12-25(28,29)13-36/h5-8,10-11,14,16,22H,2-4,9,12-13H2,1H3/t22-/m1/s1. The minimum Gasteiger partial charge on any atom is -0.320 e. The molecule has 4 aromatic rings. The second-order valence-electron chi connectivity index (χ2n) is 10.5. The molecule has 0 bridgehead atoms. The lowest BCUT2D eigenvalue weighted by Crippen LogP contribution is -2.55. The smallest absolute Gasteiger partial charge is 0.320 e. The first-order valence-corrected chi connectivity index (χ1v) is 12.5. The van der Waals surface area contributed by atoms with E-state index in [4.69, 9.17) is 0 Å². The number of aromatic nitrogens is 5. The molecule has 0 spiro atoms. The Labute approximate surface area is 218 Å². The SMILES string of the molecule is Cn1cnnc1[C@@H](c1cc(F)cc(-n2cc3c(C(F)(F)F)cc(CN4CC(F)(F)C4)cn3c2=O)c1)C1CCC1. The van der Waals surface area contributed by atoms with Crippen LogP contribution >= 0.6 is 0 Å².